The molecule has 0 unspecified atom stereocenters. The van der Waals surface area contributed by atoms with Gasteiger partial charge in [-0.1, -0.05) is 30.3 Å². The first-order valence-electron chi connectivity index (χ1n) is 12.5. The van der Waals surface area contributed by atoms with Crippen LogP contribution in [-0.4, -0.2) is 61.7 Å². The van der Waals surface area contributed by atoms with E-state index in [2.05, 4.69) is 0 Å². The molecular weight excluding hydrogens is 512 g/mol. The molecule has 3 aromatic rings. The van der Waals surface area contributed by atoms with Crippen LogP contribution < -0.4 is 15.1 Å². The van der Waals surface area contributed by atoms with Crippen molar-refractivity contribution in [1.82, 2.24) is 4.57 Å². The van der Waals surface area contributed by atoms with Crippen molar-refractivity contribution in [3.8, 4) is 5.75 Å². The van der Waals surface area contributed by atoms with E-state index in [-0.39, 0.29) is 50.4 Å². The molecule has 1 saturated carbocycles. The third-order valence-electron chi connectivity index (χ3n) is 7.29. The van der Waals surface area contributed by atoms with Crippen LogP contribution in [0.25, 0.3) is 10.9 Å². The Morgan fingerprint density at radius 3 is 2.63 bits per heavy atom. The summed E-state index contributed by atoms with van der Waals surface area (Å²) in [6.45, 7) is 0.138. The first kappa shape index (κ1) is 24.9. The van der Waals surface area contributed by atoms with Crippen LogP contribution in [0.5, 0.6) is 5.75 Å². The maximum absolute atomic E-state index is 13.5. The van der Waals surface area contributed by atoms with E-state index in [1.807, 2.05) is 39.8 Å². The van der Waals surface area contributed by atoms with Crippen LogP contribution in [0.3, 0.4) is 0 Å². The molecule has 6 rings (SSSR count). The first-order chi connectivity index (χ1) is 18.1. The number of hydrogen-bond donors (Lipinski definition) is 1. The van der Waals surface area contributed by atoms with Crippen molar-refractivity contribution >= 4 is 32.7 Å². The summed E-state index contributed by atoms with van der Waals surface area (Å²) in [6, 6.07) is 12.7. The largest absolute Gasteiger partial charge is 0.487 e. The highest BCUT2D eigenvalue weighted by Crippen LogP contribution is 2.47. The van der Waals surface area contributed by atoms with Gasteiger partial charge in [-0.2, -0.15) is 8.42 Å². The zero-order chi connectivity index (χ0) is 26.7. The monoisotopic (exact) mass is 540 g/mol. The van der Waals surface area contributed by atoms with E-state index in [0.29, 0.717) is 22.3 Å². The molecule has 0 spiro atoms. The van der Waals surface area contributed by atoms with Crippen LogP contribution >= 0.6 is 0 Å². The third-order valence-corrected chi connectivity index (χ3v) is 7.84. The van der Waals surface area contributed by atoms with Crippen molar-refractivity contribution < 1.29 is 32.0 Å². The van der Waals surface area contributed by atoms with Gasteiger partial charge in [-0.05, 0) is 30.5 Å². The molecule has 2 aliphatic heterocycles. The Hall–Kier alpha value is -3.41. The number of pyridine rings is 1. The molecule has 3 heterocycles. The summed E-state index contributed by atoms with van der Waals surface area (Å²) < 4.78 is 41.4. The zero-order valence-electron chi connectivity index (χ0n) is 20.8. The number of nitrogens with zero attached hydrogens (tertiary/aromatic N) is 2. The third kappa shape index (κ3) is 4.65. The molecule has 1 aromatic heterocycles. The molecule has 2 fully saturated rings. The molecule has 2 aromatic carbocycles. The van der Waals surface area contributed by atoms with E-state index >= 15 is 0 Å². The summed E-state index contributed by atoms with van der Waals surface area (Å²) in [5.41, 5.74) is 0.322. The van der Waals surface area contributed by atoms with E-state index < -0.39 is 27.1 Å². The lowest BCUT2D eigenvalue weighted by atomic mass is 10.0. The van der Waals surface area contributed by atoms with E-state index in [0.717, 1.165) is 24.7 Å². The summed E-state index contributed by atoms with van der Waals surface area (Å²) >= 11 is 0. The van der Waals surface area contributed by atoms with Crippen LogP contribution in [0.4, 0.5) is 5.69 Å². The van der Waals surface area contributed by atoms with E-state index in [4.69, 9.17) is 13.7 Å². The van der Waals surface area contributed by atoms with Crippen molar-refractivity contribution in [3.63, 3.8) is 0 Å². The zero-order valence-corrected chi connectivity index (χ0v) is 21.6. The summed E-state index contributed by atoms with van der Waals surface area (Å²) in [6.07, 6.45) is 4.63. The number of ether oxygens (including phenoxy) is 2. The number of benzene rings is 2. The SMILES string of the molecule is CS(=O)(=O)OC[C@]1(O)C[C@H]2COc3c(ccc4c(=O)c(C(=O)OCc5ccccc5)cn(C5CC5)c34)N2C1. The predicted molar refractivity (Wildman–Crippen MR) is 139 cm³/mol. The second kappa shape index (κ2) is 9.11. The van der Waals surface area contributed by atoms with Gasteiger partial charge < -0.3 is 24.0 Å². The summed E-state index contributed by atoms with van der Waals surface area (Å²) in [4.78, 5) is 28.4. The molecule has 0 bridgehead atoms. The normalized spacial score (nSPS) is 22.6. The second-order valence-electron chi connectivity index (χ2n) is 10.4. The lowest BCUT2D eigenvalue weighted by Crippen LogP contribution is -2.40. The van der Waals surface area contributed by atoms with E-state index in [1.165, 1.54) is 0 Å². The Morgan fingerprint density at radius 2 is 1.92 bits per heavy atom. The van der Waals surface area contributed by atoms with Gasteiger partial charge in [-0.25, -0.2) is 4.79 Å². The van der Waals surface area contributed by atoms with Crippen LogP contribution in [0.1, 0.15) is 41.2 Å². The van der Waals surface area contributed by atoms with Crippen LogP contribution in [0.2, 0.25) is 0 Å². The fourth-order valence-electron chi connectivity index (χ4n) is 5.35. The highest BCUT2D eigenvalue weighted by Gasteiger charge is 2.47. The highest BCUT2D eigenvalue weighted by atomic mass is 32.2. The predicted octanol–water partition coefficient (Wildman–Crippen LogP) is 2.37. The molecule has 3 aliphatic rings. The van der Waals surface area contributed by atoms with Crippen molar-refractivity contribution in [3.05, 3.63) is 70.0 Å². The van der Waals surface area contributed by atoms with Gasteiger partial charge in [0.1, 0.15) is 24.4 Å². The molecule has 1 aliphatic carbocycles. The fraction of sp³-hybridized carbons (Fsp3) is 0.407. The van der Waals surface area contributed by atoms with Crippen molar-refractivity contribution in [2.24, 2.45) is 0 Å². The molecular formula is C27H28N2O8S. The number of aliphatic hydroxyl groups is 1. The minimum atomic E-state index is -3.70. The van der Waals surface area contributed by atoms with E-state index in [9.17, 15) is 23.1 Å². The maximum Gasteiger partial charge on any atom is 0.343 e. The van der Waals surface area contributed by atoms with Crippen LogP contribution in [-0.2, 0) is 25.6 Å². The minimum Gasteiger partial charge on any atom is -0.487 e. The number of fused-ring (bicyclic) bond motifs is 5. The first-order valence-corrected chi connectivity index (χ1v) is 14.3. The quantitative estimate of drug-likeness (QED) is 0.355. The number of aromatic nitrogens is 1. The molecule has 38 heavy (non-hydrogen) atoms. The van der Waals surface area contributed by atoms with Crippen LogP contribution in [0.15, 0.2) is 53.5 Å². The molecule has 1 saturated heterocycles. The minimum absolute atomic E-state index is 0.0255. The number of carbonyl (C=O) groups is 1. The van der Waals surface area contributed by atoms with Gasteiger partial charge in [0.15, 0.2) is 5.75 Å². The summed E-state index contributed by atoms with van der Waals surface area (Å²) in [5, 5.41) is 11.4. The number of hydrogen-bond acceptors (Lipinski definition) is 9. The Balaban J connectivity index is 1.35. The molecule has 0 amide bonds. The summed E-state index contributed by atoms with van der Waals surface area (Å²) in [7, 11) is -3.70. The maximum atomic E-state index is 13.5. The molecule has 2 atom stereocenters. The topological polar surface area (TPSA) is 124 Å². The molecule has 11 heteroatoms. The Bertz CT molecular complexity index is 1580. The smallest absolute Gasteiger partial charge is 0.343 e. The Kier molecular flexibility index (Phi) is 5.97. The number of esters is 1. The molecule has 1 N–H and O–H groups in total. The van der Waals surface area contributed by atoms with Gasteiger partial charge in [0.05, 0.1) is 35.5 Å². The van der Waals surface area contributed by atoms with Gasteiger partial charge in [0, 0.05) is 25.2 Å². The fourth-order valence-corrected chi connectivity index (χ4v) is 5.79. The summed E-state index contributed by atoms with van der Waals surface area (Å²) in [5.74, 6) is -0.162. The lowest BCUT2D eigenvalue weighted by molar-refractivity contribution is 0.0133. The van der Waals surface area contributed by atoms with Crippen molar-refractivity contribution in [1.29, 1.82) is 0 Å². The van der Waals surface area contributed by atoms with Gasteiger partial charge >= 0.3 is 5.97 Å². The average molecular weight is 541 g/mol. The highest BCUT2D eigenvalue weighted by molar-refractivity contribution is 7.85. The van der Waals surface area contributed by atoms with Crippen LogP contribution in [0, 0.1) is 0 Å². The van der Waals surface area contributed by atoms with Crippen molar-refractivity contribution in [2.75, 3.05) is 30.9 Å². The lowest BCUT2D eigenvalue weighted by Gasteiger charge is -2.34. The number of anilines is 1. The van der Waals surface area contributed by atoms with E-state index in [1.54, 1.807) is 18.3 Å². The van der Waals surface area contributed by atoms with Gasteiger partial charge in [-0.3, -0.25) is 8.98 Å². The number of carbonyl (C=O) groups excluding carboxylic acids is 1. The number of rotatable bonds is 7. The molecule has 10 nitrogen and oxygen atoms in total. The van der Waals surface area contributed by atoms with Gasteiger partial charge in [-0.15, -0.1) is 0 Å². The molecule has 200 valence electrons. The molecule has 0 radical (unpaired) electrons. The average Bonchev–Trinajstić information content (AvgIpc) is 3.67. The van der Waals surface area contributed by atoms with Crippen molar-refractivity contribution in [2.45, 2.75) is 43.6 Å². The van der Waals surface area contributed by atoms with Gasteiger partial charge in [0.25, 0.3) is 10.1 Å². The Labute approximate surface area is 219 Å². The van der Waals surface area contributed by atoms with Gasteiger partial charge in [0.2, 0.25) is 5.43 Å². The Morgan fingerprint density at radius 1 is 1.16 bits per heavy atom. The standard InChI is InChI=1S/C27H28N2O8S/c1-38(33,34)37-16-27(32)11-19-14-35-25-22(29(19)15-27)10-9-20-23(25)28(18-7-8-18)12-21(24(20)30)26(31)36-13-17-5-3-2-4-6-17/h2-6,9-10,12,18-19,32H,7-8,11,13-16H2,1H3/t19-,27-/m0/s1. The second-order valence-corrected chi connectivity index (χ2v) is 12.0.